The van der Waals surface area contributed by atoms with E-state index in [9.17, 15) is 9.59 Å². The van der Waals surface area contributed by atoms with Gasteiger partial charge < -0.3 is 10.7 Å². The Morgan fingerprint density at radius 3 is 2.72 bits per heavy atom. The van der Waals surface area contributed by atoms with Gasteiger partial charge in [0.25, 0.3) is 5.91 Å². The fraction of sp³-hybridized carbons (Fsp3) is 0.435. The van der Waals surface area contributed by atoms with E-state index in [4.69, 9.17) is 5.41 Å². The third-order valence-electron chi connectivity index (χ3n) is 6.91. The van der Waals surface area contributed by atoms with E-state index in [1.54, 1.807) is 0 Å². The van der Waals surface area contributed by atoms with Crippen LogP contribution in [-0.4, -0.2) is 17.6 Å². The van der Waals surface area contributed by atoms with Crippen LogP contribution in [0.15, 0.2) is 29.1 Å². The summed E-state index contributed by atoms with van der Waals surface area (Å²) in [5.41, 5.74) is 2.91. The number of imide groups is 1. The molecular weight excluding hydrogens is 381 g/mol. The molecule has 1 aromatic carbocycles. The van der Waals surface area contributed by atoms with Gasteiger partial charge in [-0.2, -0.15) is 0 Å². The molecule has 148 valence electrons. The molecule has 0 radical (unpaired) electrons. The largest absolute Gasteiger partial charge is 0.322 e. The number of hydrogen-bond donors (Lipinski definition) is 3. The van der Waals surface area contributed by atoms with E-state index in [-0.39, 0.29) is 5.91 Å². The standard InChI is InChI=1S/C23H24N3O2P/c1-13(29)17-12-22(9-8-19(17)24)11-16-7-6-15(5-4-14-2-3-14)10-18(16)23(22)20(27)25-21(28)26-23/h6-7,10,14,24H,2-3,8-9,11-12,29H2,1H3,(H2,25,26,27,28)/b17-13-,24-19?. The Balaban J connectivity index is 1.66. The maximum absolute atomic E-state index is 13.3. The van der Waals surface area contributed by atoms with Crippen molar-refractivity contribution >= 4 is 26.9 Å². The van der Waals surface area contributed by atoms with Crippen molar-refractivity contribution in [2.45, 2.75) is 51.0 Å². The van der Waals surface area contributed by atoms with Gasteiger partial charge in [0, 0.05) is 22.6 Å². The maximum atomic E-state index is 13.3. The number of benzene rings is 1. The predicted molar refractivity (Wildman–Crippen MR) is 115 cm³/mol. The van der Waals surface area contributed by atoms with Gasteiger partial charge >= 0.3 is 6.03 Å². The number of hydrogen-bond acceptors (Lipinski definition) is 3. The zero-order chi connectivity index (χ0) is 20.4. The highest BCUT2D eigenvalue weighted by Gasteiger charge is 2.66. The number of urea groups is 1. The highest BCUT2D eigenvalue weighted by molar-refractivity contribution is 7.22. The lowest BCUT2D eigenvalue weighted by atomic mass is 9.60. The smallest absolute Gasteiger partial charge is 0.319 e. The van der Waals surface area contributed by atoms with E-state index in [0.29, 0.717) is 37.3 Å². The summed E-state index contributed by atoms with van der Waals surface area (Å²) in [5.74, 6) is 6.76. The van der Waals surface area contributed by atoms with Crippen molar-refractivity contribution in [3.63, 3.8) is 0 Å². The van der Waals surface area contributed by atoms with Crippen LogP contribution in [0.2, 0.25) is 0 Å². The summed E-state index contributed by atoms with van der Waals surface area (Å²) in [6.07, 6.45) is 4.94. The minimum atomic E-state index is -1.09. The first-order chi connectivity index (χ1) is 13.8. The minimum absolute atomic E-state index is 0.275. The molecule has 2 saturated carbocycles. The van der Waals surface area contributed by atoms with Gasteiger partial charge in [-0.15, -0.1) is 9.24 Å². The molecule has 1 saturated heterocycles. The third-order valence-corrected chi connectivity index (χ3v) is 7.26. The summed E-state index contributed by atoms with van der Waals surface area (Å²) in [5, 5.41) is 14.9. The third kappa shape index (κ3) is 2.69. The Kier molecular flexibility index (Phi) is 4.02. The molecule has 29 heavy (non-hydrogen) atoms. The van der Waals surface area contributed by atoms with Crippen LogP contribution in [0.1, 0.15) is 55.7 Å². The highest BCUT2D eigenvalue weighted by Crippen LogP contribution is 2.59. The average molecular weight is 405 g/mol. The van der Waals surface area contributed by atoms with Crippen molar-refractivity contribution in [2.75, 3.05) is 0 Å². The van der Waals surface area contributed by atoms with Crippen molar-refractivity contribution in [1.82, 2.24) is 10.6 Å². The number of carbonyl (C=O) groups excluding carboxylic acids is 2. The number of allylic oxidation sites excluding steroid dienone is 2. The second kappa shape index (κ2) is 6.28. The van der Waals surface area contributed by atoms with Crippen molar-refractivity contribution < 1.29 is 9.59 Å². The van der Waals surface area contributed by atoms with Gasteiger partial charge in [-0.05, 0) is 74.3 Å². The Bertz CT molecular complexity index is 1070. The van der Waals surface area contributed by atoms with Crippen LogP contribution < -0.4 is 10.6 Å². The average Bonchev–Trinajstić information content (AvgIpc) is 3.41. The second-order valence-electron chi connectivity index (χ2n) is 8.85. The van der Waals surface area contributed by atoms with E-state index < -0.39 is 17.0 Å². The normalized spacial score (nSPS) is 32.0. The first-order valence-electron chi connectivity index (χ1n) is 10.2. The Hall–Kier alpha value is -2.44. The lowest BCUT2D eigenvalue weighted by molar-refractivity contribution is -0.129. The summed E-state index contributed by atoms with van der Waals surface area (Å²) in [6, 6.07) is 5.65. The number of fused-ring (bicyclic) bond motifs is 3. The van der Waals surface area contributed by atoms with E-state index in [1.807, 2.05) is 19.1 Å². The number of amides is 3. The number of nitrogens with one attached hydrogen (secondary N) is 3. The van der Waals surface area contributed by atoms with Gasteiger partial charge in [-0.1, -0.05) is 23.2 Å². The Morgan fingerprint density at radius 2 is 2.07 bits per heavy atom. The maximum Gasteiger partial charge on any atom is 0.322 e. The fourth-order valence-electron chi connectivity index (χ4n) is 5.27. The minimum Gasteiger partial charge on any atom is -0.319 e. The first kappa shape index (κ1) is 18.6. The molecule has 3 N–H and O–H groups in total. The van der Waals surface area contributed by atoms with Crippen LogP contribution in [0, 0.1) is 28.6 Å². The van der Waals surface area contributed by atoms with Gasteiger partial charge in [0.2, 0.25) is 0 Å². The monoisotopic (exact) mass is 405 g/mol. The first-order valence-corrected chi connectivity index (χ1v) is 10.7. The van der Waals surface area contributed by atoms with E-state index in [2.05, 4.69) is 37.8 Å². The van der Waals surface area contributed by atoms with Gasteiger partial charge in [0.05, 0.1) is 0 Å². The van der Waals surface area contributed by atoms with Crippen LogP contribution in [-0.2, 0) is 16.8 Å². The quantitative estimate of drug-likeness (QED) is 0.351. The Morgan fingerprint density at radius 1 is 1.28 bits per heavy atom. The zero-order valence-electron chi connectivity index (χ0n) is 16.4. The molecule has 4 aliphatic rings. The molecule has 0 aromatic heterocycles. The summed E-state index contributed by atoms with van der Waals surface area (Å²) in [6.45, 7) is 1.99. The Labute approximate surface area is 172 Å². The molecule has 1 heterocycles. The molecule has 3 amide bonds. The molecule has 6 heteroatoms. The van der Waals surface area contributed by atoms with E-state index in [0.717, 1.165) is 27.6 Å². The topological polar surface area (TPSA) is 82.1 Å². The van der Waals surface area contributed by atoms with Crippen LogP contribution in [0.25, 0.3) is 0 Å². The number of carbonyl (C=O) groups is 2. The molecule has 3 unspecified atom stereocenters. The molecule has 3 fully saturated rings. The lowest BCUT2D eigenvalue weighted by Gasteiger charge is -2.45. The molecule has 2 spiro atoms. The summed E-state index contributed by atoms with van der Waals surface area (Å²) in [7, 11) is 2.70. The van der Waals surface area contributed by atoms with Crippen molar-refractivity contribution in [3.05, 3.63) is 45.8 Å². The highest BCUT2D eigenvalue weighted by atomic mass is 31.0. The van der Waals surface area contributed by atoms with Crippen LogP contribution in [0.3, 0.4) is 0 Å². The van der Waals surface area contributed by atoms with Crippen LogP contribution in [0.4, 0.5) is 4.79 Å². The molecular formula is C23H24N3O2P. The van der Waals surface area contributed by atoms with Gasteiger partial charge in [0.1, 0.15) is 0 Å². The molecule has 3 aliphatic carbocycles. The van der Waals surface area contributed by atoms with Crippen LogP contribution >= 0.6 is 9.24 Å². The van der Waals surface area contributed by atoms with Crippen LogP contribution in [0.5, 0.6) is 0 Å². The van der Waals surface area contributed by atoms with E-state index in [1.165, 1.54) is 12.8 Å². The molecule has 0 bridgehead atoms. The lowest BCUT2D eigenvalue weighted by Crippen LogP contribution is -2.56. The SMILES string of the molecule is C/C(P)=C1\CC2(CCC1=N)Cc1ccc(C#CC3CC3)cc1C21NC(=O)NC1=O. The summed E-state index contributed by atoms with van der Waals surface area (Å²) in [4.78, 5) is 25.6. The molecule has 5 rings (SSSR count). The zero-order valence-corrected chi connectivity index (χ0v) is 17.6. The van der Waals surface area contributed by atoms with Crippen molar-refractivity contribution in [2.24, 2.45) is 11.3 Å². The molecule has 5 nitrogen and oxygen atoms in total. The fourth-order valence-corrected chi connectivity index (χ4v) is 5.54. The van der Waals surface area contributed by atoms with E-state index >= 15 is 0 Å². The molecule has 3 atom stereocenters. The summed E-state index contributed by atoms with van der Waals surface area (Å²) < 4.78 is 0. The molecule has 1 aliphatic heterocycles. The number of rotatable bonds is 0. The predicted octanol–water partition coefficient (Wildman–Crippen LogP) is 3.38. The summed E-state index contributed by atoms with van der Waals surface area (Å²) >= 11 is 0. The second-order valence-corrected chi connectivity index (χ2v) is 9.71. The van der Waals surface area contributed by atoms with Crippen molar-refractivity contribution in [1.29, 1.82) is 5.41 Å². The van der Waals surface area contributed by atoms with Crippen molar-refractivity contribution in [3.8, 4) is 11.8 Å². The van der Waals surface area contributed by atoms with Gasteiger partial charge in [-0.3, -0.25) is 10.1 Å². The molecule has 1 aromatic rings. The van der Waals surface area contributed by atoms with Gasteiger partial charge in [0.15, 0.2) is 5.54 Å². The van der Waals surface area contributed by atoms with Gasteiger partial charge in [-0.25, -0.2) is 4.79 Å².